The fraction of sp³-hybridized carbons (Fsp3) is 0.500. The van der Waals surface area contributed by atoms with E-state index in [0.717, 1.165) is 30.6 Å². The smallest absolute Gasteiger partial charge is 0.358 e. The molecule has 2 aromatic heterocycles. The van der Waals surface area contributed by atoms with Crippen LogP contribution in [0.1, 0.15) is 24.3 Å². The molecule has 31 heavy (non-hydrogen) atoms. The Morgan fingerprint density at radius 2 is 1.77 bits per heavy atom. The van der Waals surface area contributed by atoms with Crippen molar-refractivity contribution in [2.24, 2.45) is 0 Å². The van der Waals surface area contributed by atoms with Crippen molar-refractivity contribution in [2.45, 2.75) is 19.9 Å². The number of pyridine rings is 1. The van der Waals surface area contributed by atoms with E-state index >= 15 is 0 Å². The number of carbonyl (C=O) groups excluding carboxylic acids is 1. The summed E-state index contributed by atoms with van der Waals surface area (Å²) in [7, 11) is 1.67. The lowest BCUT2D eigenvalue weighted by Crippen LogP contribution is -2.49. The lowest BCUT2D eigenvalue weighted by atomic mass is 10.2. The topological polar surface area (TPSA) is 122 Å². The van der Waals surface area contributed by atoms with Gasteiger partial charge in [-0.25, -0.2) is 14.6 Å². The average Bonchev–Trinajstić information content (AvgIpc) is 3.08. The van der Waals surface area contributed by atoms with E-state index in [9.17, 15) is 24.6 Å². The molecule has 11 nitrogen and oxygen atoms in total. The van der Waals surface area contributed by atoms with E-state index in [0.29, 0.717) is 30.5 Å². The normalized spacial score (nSPS) is 17.9. The van der Waals surface area contributed by atoms with E-state index in [1.54, 1.807) is 24.2 Å². The summed E-state index contributed by atoms with van der Waals surface area (Å²) in [6.07, 6.45) is 1.55. The SMILES string of the molecule is CC(C)N1CCN(c2cc(N3CCN(C)C3=O)c3nc(C(=O)O)c(O)c(=O)n3c2)CC1. The second-order valence-corrected chi connectivity index (χ2v) is 8.17. The van der Waals surface area contributed by atoms with Gasteiger partial charge in [0.05, 0.1) is 11.4 Å². The molecule has 0 spiro atoms. The maximum absolute atomic E-state index is 12.8. The van der Waals surface area contributed by atoms with Gasteiger partial charge in [0.2, 0.25) is 5.75 Å². The molecule has 166 valence electrons. The molecule has 4 heterocycles. The van der Waals surface area contributed by atoms with Crippen LogP contribution in [0, 0.1) is 0 Å². The molecule has 2 aromatic rings. The number of urea groups is 1. The van der Waals surface area contributed by atoms with Gasteiger partial charge in [0.25, 0.3) is 0 Å². The Hall–Kier alpha value is -3.34. The molecule has 2 amide bonds. The number of aromatic hydroxyl groups is 1. The van der Waals surface area contributed by atoms with Gasteiger partial charge in [0.1, 0.15) is 0 Å². The number of carboxylic acids is 1. The van der Waals surface area contributed by atoms with Crippen molar-refractivity contribution in [3.05, 3.63) is 28.3 Å². The third-order valence-electron chi connectivity index (χ3n) is 5.99. The third kappa shape index (κ3) is 3.54. The monoisotopic (exact) mass is 430 g/mol. The number of amides is 2. The summed E-state index contributed by atoms with van der Waals surface area (Å²) in [6, 6.07) is 1.94. The summed E-state index contributed by atoms with van der Waals surface area (Å²) in [6.45, 7) is 8.35. The second kappa shape index (κ2) is 7.73. The average molecular weight is 430 g/mol. The van der Waals surface area contributed by atoms with Gasteiger partial charge in [-0.15, -0.1) is 0 Å². The summed E-state index contributed by atoms with van der Waals surface area (Å²) in [5.74, 6) is -2.44. The fourth-order valence-corrected chi connectivity index (χ4v) is 4.09. The molecule has 2 aliphatic heterocycles. The van der Waals surface area contributed by atoms with Gasteiger partial charge in [-0.05, 0) is 19.9 Å². The predicted octanol–water partition coefficient (Wildman–Crippen LogP) is 0.501. The lowest BCUT2D eigenvalue weighted by molar-refractivity contribution is 0.0686. The zero-order chi connectivity index (χ0) is 22.4. The fourth-order valence-electron chi connectivity index (χ4n) is 4.09. The van der Waals surface area contributed by atoms with Gasteiger partial charge in [-0.1, -0.05) is 0 Å². The highest BCUT2D eigenvalue weighted by atomic mass is 16.4. The number of aromatic nitrogens is 2. The van der Waals surface area contributed by atoms with Crippen molar-refractivity contribution in [1.29, 1.82) is 0 Å². The van der Waals surface area contributed by atoms with Crippen molar-refractivity contribution in [1.82, 2.24) is 19.2 Å². The summed E-state index contributed by atoms with van der Waals surface area (Å²) >= 11 is 0. The van der Waals surface area contributed by atoms with Crippen molar-refractivity contribution in [3.8, 4) is 5.75 Å². The number of hydrogen-bond donors (Lipinski definition) is 2. The molecule has 4 rings (SSSR count). The summed E-state index contributed by atoms with van der Waals surface area (Å²) in [5, 5.41) is 19.5. The Morgan fingerprint density at radius 3 is 2.32 bits per heavy atom. The Morgan fingerprint density at radius 1 is 1.10 bits per heavy atom. The number of anilines is 2. The minimum Gasteiger partial charge on any atom is -0.501 e. The molecule has 0 bridgehead atoms. The second-order valence-electron chi connectivity index (χ2n) is 8.17. The number of carboxylic acid groups (broad SMARTS) is 1. The molecule has 0 aliphatic carbocycles. The Balaban J connectivity index is 1.87. The van der Waals surface area contributed by atoms with Crippen LogP contribution in [0.15, 0.2) is 17.1 Å². The van der Waals surface area contributed by atoms with Crippen LogP contribution in [0.4, 0.5) is 16.2 Å². The van der Waals surface area contributed by atoms with Gasteiger partial charge >= 0.3 is 17.6 Å². The zero-order valence-corrected chi connectivity index (χ0v) is 17.8. The Kier molecular flexibility index (Phi) is 5.21. The number of fused-ring (bicyclic) bond motifs is 1. The number of piperazine rings is 1. The van der Waals surface area contributed by atoms with Crippen LogP contribution in [-0.4, -0.2) is 93.8 Å². The maximum atomic E-state index is 12.8. The molecule has 2 fully saturated rings. The zero-order valence-electron chi connectivity index (χ0n) is 17.8. The van der Waals surface area contributed by atoms with Gasteiger partial charge in [0.15, 0.2) is 11.3 Å². The molecule has 0 radical (unpaired) electrons. The standard InChI is InChI=1S/C20H26N6O5/c1-12(2)23-5-7-24(8-6-23)13-10-14(25-9-4-22(3)20(25)31)17-21-15(19(29)30)16(27)18(28)26(17)11-13/h10-12,27H,4-9H2,1-3H3,(H,29,30). The number of hydrogen-bond acceptors (Lipinski definition) is 7. The van der Waals surface area contributed by atoms with Crippen molar-refractivity contribution >= 4 is 29.0 Å². The van der Waals surface area contributed by atoms with Crippen LogP contribution in [0.5, 0.6) is 5.75 Å². The number of nitrogens with zero attached hydrogens (tertiary/aromatic N) is 6. The first-order valence-electron chi connectivity index (χ1n) is 10.2. The van der Waals surface area contributed by atoms with Gasteiger partial charge in [0, 0.05) is 58.6 Å². The van der Waals surface area contributed by atoms with E-state index in [2.05, 4.69) is 28.6 Å². The minimum atomic E-state index is -1.51. The van der Waals surface area contributed by atoms with Crippen LogP contribution < -0.4 is 15.4 Å². The molecular formula is C20H26N6O5. The van der Waals surface area contributed by atoms with Crippen LogP contribution in [0.3, 0.4) is 0 Å². The molecule has 2 saturated heterocycles. The van der Waals surface area contributed by atoms with E-state index in [-0.39, 0.29) is 11.7 Å². The van der Waals surface area contributed by atoms with Crippen LogP contribution in [0.25, 0.3) is 5.65 Å². The Labute approximate surface area is 178 Å². The van der Waals surface area contributed by atoms with E-state index in [1.165, 1.54) is 4.90 Å². The van der Waals surface area contributed by atoms with Gasteiger partial charge < -0.3 is 20.0 Å². The molecule has 11 heteroatoms. The van der Waals surface area contributed by atoms with E-state index in [4.69, 9.17) is 0 Å². The van der Waals surface area contributed by atoms with Crippen LogP contribution in [0.2, 0.25) is 0 Å². The third-order valence-corrected chi connectivity index (χ3v) is 5.99. The van der Waals surface area contributed by atoms with E-state index in [1.807, 2.05) is 0 Å². The summed E-state index contributed by atoms with van der Waals surface area (Å²) in [5.41, 5.74) is -0.540. The number of rotatable bonds is 4. The quantitative estimate of drug-likeness (QED) is 0.719. The molecule has 0 atom stereocenters. The molecule has 0 saturated carbocycles. The highest BCUT2D eigenvalue weighted by Gasteiger charge is 2.31. The summed E-state index contributed by atoms with van der Waals surface area (Å²) < 4.78 is 1.13. The largest absolute Gasteiger partial charge is 0.501 e. The minimum absolute atomic E-state index is 0.0217. The highest BCUT2D eigenvalue weighted by molar-refractivity contribution is 5.99. The first kappa shape index (κ1) is 20.9. The van der Waals surface area contributed by atoms with E-state index < -0.39 is 23.0 Å². The van der Waals surface area contributed by atoms with Gasteiger partial charge in [-0.2, -0.15) is 0 Å². The van der Waals surface area contributed by atoms with Crippen molar-refractivity contribution in [2.75, 3.05) is 56.1 Å². The molecule has 2 N–H and O–H groups in total. The number of carbonyl (C=O) groups is 2. The Bertz CT molecular complexity index is 1110. The molecule has 0 unspecified atom stereocenters. The number of aromatic carboxylic acids is 1. The first-order chi connectivity index (χ1) is 14.7. The van der Waals surface area contributed by atoms with Crippen LogP contribution >= 0.6 is 0 Å². The summed E-state index contributed by atoms with van der Waals surface area (Å²) in [4.78, 5) is 48.5. The predicted molar refractivity (Wildman–Crippen MR) is 114 cm³/mol. The maximum Gasteiger partial charge on any atom is 0.358 e. The molecular weight excluding hydrogens is 404 g/mol. The highest BCUT2D eigenvalue weighted by Crippen LogP contribution is 2.30. The molecule has 0 aromatic carbocycles. The first-order valence-corrected chi connectivity index (χ1v) is 10.2. The van der Waals surface area contributed by atoms with Crippen molar-refractivity contribution in [3.63, 3.8) is 0 Å². The molecule has 2 aliphatic rings. The van der Waals surface area contributed by atoms with Crippen LogP contribution in [-0.2, 0) is 0 Å². The number of likely N-dealkylation sites (N-methyl/N-ethyl adjacent to an activating group) is 1. The van der Waals surface area contributed by atoms with Crippen molar-refractivity contribution < 1.29 is 19.8 Å². The lowest BCUT2D eigenvalue weighted by Gasteiger charge is -2.38. The van der Waals surface area contributed by atoms with Gasteiger partial charge in [-0.3, -0.25) is 19.0 Å².